The third-order valence-electron chi connectivity index (χ3n) is 5.60. The number of nitrogens with zero attached hydrogens (tertiary/aromatic N) is 1. The molecule has 2 atom stereocenters. The molecule has 2 aliphatic rings. The van der Waals surface area contributed by atoms with Crippen LogP contribution in [0.1, 0.15) is 34.7 Å². The SMILES string of the molecule is COc1cc2c(cc1OC)C1c3ccccc3NC(c3ccco3)N1CC2. The number of hydrogen-bond donors (Lipinski definition) is 1. The molecule has 3 aromatic rings. The van der Waals surface area contributed by atoms with Crippen LogP contribution in [0.5, 0.6) is 11.5 Å². The van der Waals surface area contributed by atoms with Crippen LogP contribution in [0, 0.1) is 0 Å². The van der Waals surface area contributed by atoms with Gasteiger partial charge in [0.15, 0.2) is 11.5 Å². The molecule has 138 valence electrons. The minimum Gasteiger partial charge on any atom is -0.493 e. The maximum absolute atomic E-state index is 5.76. The predicted molar refractivity (Wildman–Crippen MR) is 103 cm³/mol. The van der Waals surface area contributed by atoms with Crippen LogP contribution in [0.4, 0.5) is 5.69 Å². The van der Waals surface area contributed by atoms with Gasteiger partial charge in [-0.05, 0) is 53.4 Å². The molecule has 5 rings (SSSR count). The van der Waals surface area contributed by atoms with E-state index in [4.69, 9.17) is 13.9 Å². The number of anilines is 1. The first-order chi connectivity index (χ1) is 13.3. The van der Waals surface area contributed by atoms with Crippen LogP contribution in [-0.4, -0.2) is 25.7 Å². The van der Waals surface area contributed by atoms with Gasteiger partial charge in [-0.1, -0.05) is 18.2 Å². The number of furan rings is 1. The van der Waals surface area contributed by atoms with E-state index in [-0.39, 0.29) is 12.2 Å². The summed E-state index contributed by atoms with van der Waals surface area (Å²) in [7, 11) is 3.37. The smallest absolute Gasteiger partial charge is 0.161 e. The molecular formula is C22H22N2O3. The molecule has 0 fully saturated rings. The number of fused-ring (bicyclic) bond motifs is 5. The van der Waals surface area contributed by atoms with Gasteiger partial charge in [0.1, 0.15) is 11.9 Å². The number of methoxy groups -OCH3 is 2. The molecule has 5 nitrogen and oxygen atoms in total. The quantitative estimate of drug-likeness (QED) is 0.750. The second kappa shape index (κ2) is 6.35. The van der Waals surface area contributed by atoms with Gasteiger partial charge in [0.2, 0.25) is 0 Å². The second-order valence-corrected chi connectivity index (χ2v) is 6.95. The van der Waals surface area contributed by atoms with Gasteiger partial charge in [-0.2, -0.15) is 0 Å². The average molecular weight is 362 g/mol. The molecular weight excluding hydrogens is 340 g/mol. The van der Waals surface area contributed by atoms with E-state index in [1.165, 1.54) is 16.7 Å². The van der Waals surface area contributed by atoms with E-state index in [9.17, 15) is 0 Å². The summed E-state index contributed by atoms with van der Waals surface area (Å²) in [5, 5.41) is 3.66. The van der Waals surface area contributed by atoms with Crippen molar-refractivity contribution in [2.24, 2.45) is 0 Å². The second-order valence-electron chi connectivity index (χ2n) is 6.95. The molecule has 27 heavy (non-hydrogen) atoms. The van der Waals surface area contributed by atoms with Gasteiger partial charge in [0, 0.05) is 12.2 Å². The topological polar surface area (TPSA) is 46.9 Å². The van der Waals surface area contributed by atoms with E-state index in [2.05, 4.69) is 46.6 Å². The lowest BCUT2D eigenvalue weighted by atomic mass is 9.85. The molecule has 0 bridgehead atoms. The average Bonchev–Trinajstić information content (AvgIpc) is 3.26. The van der Waals surface area contributed by atoms with E-state index in [0.29, 0.717) is 0 Å². The number of benzene rings is 2. The van der Waals surface area contributed by atoms with Crippen LogP contribution in [0.2, 0.25) is 0 Å². The van der Waals surface area contributed by atoms with Crippen molar-refractivity contribution in [1.82, 2.24) is 4.90 Å². The summed E-state index contributed by atoms with van der Waals surface area (Å²) in [6.07, 6.45) is 2.69. The Morgan fingerprint density at radius 3 is 2.59 bits per heavy atom. The summed E-state index contributed by atoms with van der Waals surface area (Å²) >= 11 is 0. The lowest BCUT2D eigenvalue weighted by molar-refractivity contribution is 0.137. The normalized spacial score (nSPS) is 20.8. The fourth-order valence-electron chi connectivity index (χ4n) is 4.37. The molecule has 1 N–H and O–H groups in total. The molecule has 1 aromatic heterocycles. The van der Waals surface area contributed by atoms with Crippen LogP contribution in [0.3, 0.4) is 0 Å². The van der Waals surface area contributed by atoms with Crippen molar-refractivity contribution in [3.8, 4) is 11.5 Å². The van der Waals surface area contributed by atoms with Gasteiger partial charge >= 0.3 is 0 Å². The highest BCUT2D eigenvalue weighted by molar-refractivity contribution is 5.61. The number of ether oxygens (including phenoxy) is 2. The van der Waals surface area contributed by atoms with Crippen LogP contribution < -0.4 is 14.8 Å². The number of rotatable bonds is 3. The van der Waals surface area contributed by atoms with Gasteiger partial charge < -0.3 is 19.2 Å². The monoisotopic (exact) mass is 362 g/mol. The highest BCUT2D eigenvalue weighted by Gasteiger charge is 2.40. The van der Waals surface area contributed by atoms with Crippen LogP contribution in [0.25, 0.3) is 0 Å². The van der Waals surface area contributed by atoms with Crippen molar-refractivity contribution < 1.29 is 13.9 Å². The molecule has 0 aliphatic carbocycles. The Morgan fingerprint density at radius 1 is 1.00 bits per heavy atom. The van der Waals surface area contributed by atoms with Gasteiger partial charge in [0.25, 0.3) is 0 Å². The predicted octanol–water partition coefficient (Wildman–Crippen LogP) is 4.37. The number of nitrogens with one attached hydrogen (secondary N) is 1. The first-order valence-electron chi connectivity index (χ1n) is 9.19. The Kier molecular flexibility index (Phi) is 3.83. The standard InChI is InChI=1S/C22H22N2O3/c1-25-19-12-14-9-10-24-21(16(14)13-20(19)26-2)15-6-3-4-7-17(15)23-22(24)18-8-5-11-27-18/h3-8,11-13,21-23H,9-10H2,1-2H3. The van der Waals surface area contributed by atoms with Crippen molar-refractivity contribution in [1.29, 1.82) is 0 Å². The Labute approximate surface area is 158 Å². The summed E-state index contributed by atoms with van der Waals surface area (Å²) in [6.45, 7) is 0.930. The summed E-state index contributed by atoms with van der Waals surface area (Å²) in [6, 6.07) is 16.9. The third kappa shape index (κ3) is 2.50. The number of hydrogen-bond acceptors (Lipinski definition) is 5. The van der Waals surface area contributed by atoms with E-state index in [0.717, 1.165) is 35.9 Å². The van der Waals surface area contributed by atoms with Crippen molar-refractivity contribution in [3.63, 3.8) is 0 Å². The molecule has 0 saturated heterocycles. The Morgan fingerprint density at radius 2 is 1.81 bits per heavy atom. The highest BCUT2D eigenvalue weighted by Crippen LogP contribution is 2.48. The molecule has 0 spiro atoms. The molecule has 3 heterocycles. The Bertz CT molecular complexity index is 968. The summed E-state index contributed by atoms with van der Waals surface area (Å²) in [4.78, 5) is 2.47. The van der Waals surface area contributed by atoms with Gasteiger partial charge in [0.05, 0.1) is 26.5 Å². The van der Waals surface area contributed by atoms with Crippen LogP contribution in [-0.2, 0) is 6.42 Å². The molecule has 0 radical (unpaired) electrons. The van der Waals surface area contributed by atoms with Gasteiger partial charge in [-0.15, -0.1) is 0 Å². The molecule has 2 unspecified atom stereocenters. The highest BCUT2D eigenvalue weighted by atomic mass is 16.5. The first kappa shape index (κ1) is 16.3. The van der Waals surface area contributed by atoms with Gasteiger partial charge in [-0.25, -0.2) is 0 Å². The first-order valence-corrected chi connectivity index (χ1v) is 9.19. The molecule has 0 amide bonds. The minimum atomic E-state index is 0.00106. The number of para-hydroxylation sites is 1. The lowest BCUT2D eigenvalue weighted by Crippen LogP contribution is -2.45. The third-order valence-corrected chi connectivity index (χ3v) is 5.60. The molecule has 0 saturated carbocycles. The zero-order valence-electron chi connectivity index (χ0n) is 15.4. The van der Waals surface area contributed by atoms with Crippen LogP contribution in [0.15, 0.2) is 59.2 Å². The molecule has 2 aliphatic heterocycles. The van der Waals surface area contributed by atoms with E-state index < -0.39 is 0 Å². The fourth-order valence-corrected chi connectivity index (χ4v) is 4.37. The van der Waals surface area contributed by atoms with Crippen molar-refractivity contribution in [2.75, 3.05) is 26.1 Å². The molecule has 2 aromatic carbocycles. The van der Waals surface area contributed by atoms with Gasteiger partial charge in [-0.3, -0.25) is 4.90 Å². The fraction of sp³-hybridized carbons (Fsp3) is 0.273. The summed E-state index contributed by atoms with van der Waals surface area (Å²) in [5.41, 5.74) is 4.99. The minimum absolute atomic E-state index is 0.00106. The van der Waals surface area contributed by atoms with Crippen molar-refractivity contribution in [3.05, 3.63) is 77.2 Å². The summed E-state index contributed by atoms with van der Waals surface area (Å²) in [5.74, 6) is 2.48. The largest absolute Gasteiger partial charge is 0.493 e. The van der Waals surface area contributed by atoms with E-state index >= 15 is 0 Å². The van der Waals surface area contributed by atoms with E-state index in [1.807, 2.05) is 12.1 Å². The van der Waals surface area contributed by atoms with Crippen LogP contribution >= 0.6 is 0 Å². The van der Waals surface area contributed by atoms with Crippen molar-refractivity contribution in [2.45, 2.75) is 18.6 Å². The zero-order chi connectivity index (χ0) is 18.4. The Balaban J connectivity index is 1.69. The summed E-state index contributed by atoms with van der Waals surface area (Å²) < 4.78 is 16.9. The zero-order valence-corrected chi connectivity index (χ0v) is 15.4. The molecule has 5 heteroatoms. The van der Waals surface area contributed by atoms with Crippen molar-refractivity contribution >= 4 is 5.69 Å². The lowest BCUT2D eigenvalue weighted by Gasteiger charge is -2.46. The maximum Gasteiger partial charge on any atom is 0.161 e. The van der Waals surface area contributed by atoms with E-state index in [1.54, 1.807) is 20.5 Å². The maximum atomic E-state index is 5.76. The Hall–Kier alpha value is -2.92.